The number of amides is 2. The molecule has 0 heterocycles. The summed E-state index contributed by atoms with van der Waals surface area (Å²) in [4.78, 5) is 23.0. The lowest BCUT2D eigenvalue weighted by molar-refractivity contribution is -0.115. The van der Waals surface area contributed by atoms with Crippen molar-refractivity contribution >= 4 is 29.3 Å². The lowest BCUT2D eigenvalue weighted by Gasteiger charge is -2.08. The Morgan fingerprint density at radius 1 is 1.33 bits per heavy atom. The molecule has 0 unspecified atom stereocenters. The second kappa shape index (κ2) is 7.52. The van der Waals surface area contributed by atoms with E-state index in [9.17, 15) is 9.59 Å². The molecule has 5 N–H and O–H groups in total. The summed E-state index contributed by atoms with van der Waals surface area (Å²) in [5.74, 6) is -0.484. The van der Waals surface area contributed by atoms with Gasteiger partial charge in [-0.25, -0.2) is 0 Å². The average Bonchev–Trinajstić information content (AvgIpc) is 2.35. The quantitative estimate of drug-likeness (QED) is 0.521. The van der Waals surface area contributed by atoms with Gasteiger partial charge in [-0.1, -0.05) is 18.2 Å². The van der Waals surface area contributed by atoms with Gasteiger partial charge in [0.2, 0.25) is 11.8 Å². The van der Waals surface area contributed by atoms with E-state index in [1.807, 2.05) is 12.1 Å². The van der Waals surface area contributed by atoms with Gasteiger partial charge in [-0.3, -0.25) is 9.59 Å². The standard InChI is InChI=1S/C12H15N3O2S/c13-7-3-6-12(17)15-9-4-1-2-5-10(9)18-8-11(14)16/h1-6H,7-8,13H2,(H2,14,16)(H,15,17)/b6-3+. The molecular weight excluding hydrogens is 250 g/mol. The van der Waals surface area contributed by atoms with Crippen LogP contribution in [0.2, 0.25) is 0 Å². The number of nitrogens with two attached hydrogens (primary N) is 2. The molecule has 0 saturated carbocycles. The van der Waals surface area contributed by atoms with E-state index in [-0.39, 0.29) is 11.7 Å². The third-order valence-electron chi connectivity index (χ3n) is 1.92. The predicted octanol–water partition coefficient (Wildman–Crippen LogP) is 0.717. The first kappa shape index (κ1) is 14.3. The van der Waals surface area contributed by atoms with Crippen LogP contribution < -0.4 is 16.8 Å². The summed E-state index contributed by atoms with van der Waals surface area (Å²) in [6.07, 6.45) is 2.93. The number of hydrogen-bond donors (Lipinski definition) is 3. The van der Waals surface area contributed by atoms with E-state index in [2.05, 4.69) is 5.32 Å². The fourth-order valence-electron chi connectivity index (χ4n) is 1.19. The van der Waals surface area contributed by atoms with Crippen LogP contribution in [0.15, 0.2) is 41.3 Å². The normalized spacial score (nSPS) is 10.5. The maximum Gasteiger partial charge on any atom is 0.248 e. The average molecular weight is 265 g/mol. The highest BCUT2D eigenvalue weighted by Crippen LogP contribution is 2.26. The Hall–Kier alpha value is -1.79. The van der Waals surface area contributed by atoms with Crippen LogP contribution in [0.3, 0.4) is 0 Å². The van der Waals surface area contributed by atoms with Gasteiger partial charge < -0.3 is 16.8 Å². The monoisotopic (exact) mass is 265 g/mol. The van der Waals surface area contributed by atoms with Gasteiger partial charge in [0.05, 0.1) is 11.4 Å². The molecule has 0 saturated heterocycles. The van der Waals surface area contributed by atoms with Gasteiger partial charge in [0.1, 0.15) is 0 Å². The minimum absolute atomic E-state index is 0.172. The molecule has 0 aliphatic heterocycles. The molecule has 6 heteroatoms. The maximum absolute atomic E-state index is 11.5. The lowest BCUT2D eigenvalue weighted by Crippen LogP contribution is -2.14. The van der Waals surface area contributed by atoms with E-state index in [0.29, 0.717) is 12.2 Å². The van der Waals surface area contributed by atoms with E-state index in [1.165, 1.54) is 17.8 Å². The van der Waals surface area contributed by atoms with Crippen LogP contribution in [0.5, 0.6) is 0 Å². The molecule has 0 radical (unpaired) electrons. The SMILES string of the molecule is NC/C=C/C(=O)Nc1ccccc1SCC(N)=O. The first-order valence-electron chi connectivity index (χ1n) is 5.31. The Balaban J connectivity index is 2.72. The van der Waals surface area contributed by atoms with Gasteiger partial charge in [-0.2, -0.15) is 0 Å². The molecule has 0 aliphatic carbocycles. The Kier molecular flexibility index (Phi) is 5.96. The molecular formula is C12H15N3O2S. The molecule has 18 heavy (non-hydrogen) atoms. The number of primary amides is 1. The highest BCUT2D eigenvalue weighted by atomic mass is 32.2. The first-order valence-corrected chi connectivity index (χ1v) is 6.29. The van der Waals surface area contributed by atoms with Crippen molar-refractivity contribution in [1.82, 2.24) is 0 Å². The van der Waals surface area contributed by atoms with Crippen molar-refractivity contribution in [3.05, 3.63) is 36.4 Å². The Bertz CT molecular complexity index is 460. The Morgan fingerprint density at radius 2 is 2.06 bits per heavy atom. The van der Waals surface area contributed by atoms with Crippen LogP contribution in [0.1, 0.15) is 0 Å². The van der Waals surface area contributed by atoms with Gasteiger partial charge in [-0.15, -0.1) is 11.8 Å². The van der Waals surface area contributed by atoms with E-state index < -0.39 is 5.91 Å². The summed E-state index contributed by atoms with van der Waals surface area (Å²) >= 11 is 1.28. The molecule has 1 aromatic carbocycles. The zero-order valence-electron chi connectivity index (χ0n) is 9.76. The summed E-state index contributed by atoms with van der Waals surface area (Å²) < 4.78 is 0. The van der Waals surface area contributed by atoms with Gasteiger partial charge in [0.15, 0.2) is 0 Å². The maximum atomic E-state index is 11.5. The Morgan fingerprint density at radius 3 is 2.72 bits per heavy atom. The van der Waals surface area contributed by atoms with Crippen LogP contribution in [0.25, 0.3) is 0 Å². The fraction of sp³-hybridized carbons (Fsp3) is 0.167. The number of anilines is 1. The molecule has 0 atom stereocenters. The van der Waals surface area contributed by atoms with Crippen molar-refractivity contribution in [3.63, 3.8) is 0 Å². The number of nitrogens with one attached hydrogen (secondary N) is 1. The van der Waals surface area contributed by atoms with Crippen molar-refractivity contribution < 1.29 is 9.59 Å². The molecule has 1 aromatic rings. The molecule has 1 rings (SSSR count). The highest BCUT2D eigenvalue weighted by Gasteiger charge is 2.06. The fourth-order valence-corrected chi connectivity index (χ4v) is 1.94. The first-order chi connectivity index (χ1) is 8.63. The molecule has 0 aliphatic rings. The lowest BCUT2D eigenvalue weighted by atomic mass is 10.3. The summed E-state index contributed by atoms with van der Waals surface area (Å²) in [5, 5.41) is 2.71. The highest BCUT2D eigenvalue weighted by molar-refractivity contribution is 8.00. The van der Waals surface area contributed by atoms with Crippen molar-refractivity contribution in [3.8, 4) is 0 Å². The number of carbonyl (C=O) groups excluding carboxylic acids is 2. The van der Waals surface area contributed by atoms with Crippen LogP contribution >= 0.6 is 11.8 Å². The second-order valence-electron chi connectivity index (χ2n) is 3.38. The van der Waals surface area contributed by atoms with E-state index in [1.54, 1.807) is 18.2 Å². The van der Waals surface area contributed by atoms with Crippen molar-refractivity contribution in [2.24, 2.45) is 11.5 Å². The van der Waals surface area contributed by atoms with Gasteiger partial charge in [0, 0.05) is 17.5 Å². The van der Waals surface area contributed by atoms with Crippen molar-refractivity contribution in [2.75, 3.05) is 17.6 Å². The third-order valence-corrected chi connectivity index (χ3v) is 3.02. The smallest absolute Gasteiger partial charge is 0.248 e. The number of thioether (sulfide) groups is 1. The molecule has 0 fully saturated rings. The van der Waals surface area contributed by atoms with E-state index in [4.69, 9.17) is 11.5 Å². The molecule has 2 amide bonds. The number of benzene rings is 1. The Labute approximate surface area is 110 Å². The van der Waals surface area contributed by atoms with Crippen LogP contribution in [0.4, 0.5) is 5.69 Å². The molecule has 96 valence electrons. The number of para-hydroxylation sites is 1. The van der Waals surface area contributed by atoms with Crippen LogP contribution in [-0.2, 0) is 9.59 Å². The van der Waals surface area contributed by atoms with Crippen molar-refractivity contribution in [2.45, 2.75) is 4.90 Å². The number of carbonyl (C=O) groups is 2. The van der Waals surface area contributed by atoms with Gasteiger partial charge in [-0.05, 0) is 12.1 Å². The second-order valence-corrected chi connectivity index (χ2v) is 4.40. The van der Waals surface area contributed by atoms with E-state index >= 15 is 0 Å². The predicted molar refractivity (Wildman–Crippen MR) is 73.2 cm³/mol. The minimum atomic E-state index is -0.399. The minimum Gasteiger partial charge on any atom is -0.369 e. The molecule has 0 spiro atoms. The topological polar surface area (TPSA) is 98.2 Å². The summed E-state index contributed by atoms with van der Waals surface area (Å²) in [6, 6.07) is 7.21. The summed E-state index contributed by atoms with van der Waals surface area (Å²) in [7, 11) is 0. The number of rotatable bonds is 6. The van der Waals surface area contributed by atoms with Gasteiger partial charge in [0.25, 0.3) is 0 Å². The van der Waals surface area contributed by atoms with Crippen LogP contribution in [0, 0.1) is 0 Å². The summed E-state index contributed by atoms with van der Waals surface area (Å²) in [6.45, 7) is 0.311. The summed E-state index contributed by atoms with van der Waals surface area (Å²) in [5.41, 5.74) is 11.0. The van der Waals surface area contributed by atoms with Crippen LogP contribution in [-0.4, -0.2) is 24.1 Å². The molecule has 5 nitrogen and oxygen atoms in total. The molecule has 0 bridgehead atoms. The third kappa shape index (κ3) is 5.03. The largest absolute Gasteiger partial charge is 0.369 e. The van der Waals surface area contributed by atoms with Gasteiger partial charge >= 0.3 is 0 Å². The molecule has 0 aromatic heterocycles. The van der Waals surface area contributed by atoms with Crippen molar-refractivity contribution in [1.29, 1.82) is 0 Å². The zero-order chi connectivity index (χ0) is 13.4. The number of hydrogen-bond acceptors (Lipinski definition) is 4. The van der Waals surface area contributed by atoms with E-state index in [0.717, 1.165) is 4.90 Å². The zero-order valence-corrected chi connectivity index (χ0v) is 10.6.